The first-order valence-electron chi connectivity index (χ1n) is 4.96. The van der Waals surface area contributed by atoms with Crippen molar-refractivity contribution >= 4 is 11.9 Å². The summed E-state index contributed by atoms with van der Waals surface area (Å²) in [7, 11) is 0. The minimum Gasteiger partial charge on any atom is -0.315 e. The Labute approximate surface area is 91.9 Å². The largest absolute Gasteiger partial charge is 0.323 e. The molecular formula is C8H14N4O4. The Balaban J connectivity index is 2.79. The highest BCUT2D eigenvalue weighted by atomic mass is 16.6. The number of imide groups is 1. The van der Waals surface area contributed by atoms with Gasteiger partial charge in [0.2, 0.25) is 0 Å². The Morgan fingerprint density at radius 1 is 1.56 bits per heavy atom. The van der Waals surface area contributed by atoms with Crippen molar-refractivity contribution in [2.75, 3.05) is 0 Å². The monoisotopic (exact) mass is 230 g/mol. The average Bonchev–Trinajstić information content (AvgIpc) is 2.15. The average molecular weight is 230 g/mol. The molecule has 16 heavy (non-hydrogen) atoms. The summed E-state index contributed by atoms with van der Waals surface area (Å²) in [5.74, 6) is -0.894. The fourth-order valence-corrected chi connectivity index (χ4v) is 1.37. The predicted octanol–water partition coefficient (Wildman–Crippen LogP) is -0.815. The number of nitrogens with one attached hydrogen (secondary N) is 3. The number of nitrogens with zero attached hydrogens (tertiary/aromatic N) is 1. The Hall–Kier alpha value is -1.70. The maximum Gasteiger partial charge on any atom is 0.323 e. The minimum atomic E-state index is -1.49. The summed E-state index contributed by atoms with van der Waals surface area (Å²) >= 11 is 0. The van der Waals surface area contributed by atoms with Crippen molar-refractivity contribution in [3.05, 3.63) is 10.1 Å². The molecule has 1 aliphatic rings. The predicted molar refractivity (Wildman–Crippen MR) is 54.1 cm³/mol. The second-order valence-electron chi connectivity index (χ2n) is 3.65. The van der Waals surface area contributed by atoms with Gasteiger partial charge in [0.15, 0.2) is 6.17 Å². The molecule has 0 radical (unpaired) electrons. The van der Waals surface area contributed by atoms with Crippen molar-refractivity contribution in [3.8, 4) is 0 Å². The highest BCUT2D eigenvalue weighted by Crippen LogP contribution is 2.03. The third kappa shape index (κ3) is 2.66. The summed E-state index contributed by atoms with van der Waals surface area (Å²) in [5.41, 5.74) is 0. The van der Waals surface area contributed by atoms with Gasteiger partial charge in [-0.25, -0.2) is 4.79 Å². The van der Waals surface area contributed by atoms with Crippen molar-refractivity contribution in [1.29, 1.82) is 0 Å². The zero-order valence-corrected chi connectivity index (χ0v) is 9.02. The molecule has 0 bridgehead atoms. The van der Waals surface area contributed by atoms with Crippen LogP contribution < -0.4 is 16.0 Å². The molecule has 1 aliphatic heterocycles. The number of amides is 3. The van der Waals surface area contributed by atoms with Crippen LogP contribution in [0.3, 0.4) is 0 Å². The fourth-order valence-electron chi connectivity index (χ4n) is 1.37. The Kier molecular flexibility index (Phi) is 3.78. The van der Waals surface area contributed by atoms with Crippen molar-refractivity contribution in [1.82, 2.24) is 16.0 Å². The van der Waals surface area contributed by atoms with Gasteiger partial charge in [-0.3, -0.25) is 25.5 Å². The van der Waals surface area contributed by atoms with Crippen LogP contribution >= 0.6 is 0 Å². The zero-order chi connectivity index (χ0) is 12.3. The normalized spacial score (nSPS) is 26.9. The van der Waals surface area contributed by atoms with Gasteiger partial charge in [-0.1, -0.05) is 6.92 Å². The van der Waals surface area contributed by atoms with E-state index in [0.29, 0.717) is 0 Å². The molecule has 90 valence electrons. The van der Waals surface area contributed by atoms with Gasteiger partial charge in [0.25, 0.3) is 0 Å². The maximum absolute atomic E-state index is 11.3. The van der Waals surface area contributed by atoms with Crippen molar-refractivity contribution in [2.24, 2.45) is 0 Å². The first kappa shape index (κ1) is 12.4. The lowest BCUT2D eigenvalue weighted by molar-refractivity contribution is -0.513. The maximum atomic E-state index is 11.3. The molecule has 0 spiro atoms. The van der Waals surface area contributed by atoms with Crippen LogP contribution in [-0.4, -0.2) is 35.1 Å². The number of hydrogen-bond donors (Lipinski definition) is 3. The molecule has 3 amide bonds. The van der Waals surface area contributed by atoms with E-state index in [2.05, 4.69) is 10.6 Å². The summed E-state index contributed by atoms with van der Waals surface area (Å²) in [6.07, 6.45) is -0.232. The van der Waals surface area contributed by atoms with Gasteiger partial charge < -0.3 is 5.32 Å². The molecule has 1 rings (SSSR count). The SMILES string of the molecule is CCC(C)NC1NC(=O)NC(=O)C1[N+](=O)[O-]. The number of rotatable bonds is 4. The van der Waals surface area contributed by atoms with E-state index in [4.69, 9.17) is 0 Å². The molecule has 0 aromatic carbocycles. The summed E-state index contributed by atoms with van der Waals surface area (Å²) in [4.78, 5) is 32.3. The molecule has 8 heteroatoms. The molecule has 0 saturated carbocycles. The number of urea groups is 1. The number of nitro groups is 1. The second kappa shape index (κ2) is 4.88. The van der Waals surface area contributed by atoms with Crippen LogP contribution in [0.15, 0.2) is 0 Å². The van der Waals surface area contributed by atoms with Gasteiger partial charge in [0.05, 0.1) is 0 Å². The third-order valence-corrected chi connectivity index (χ3v) is 2.41. The Bertz CT molecular complexity index is 319. The van der Waals surface area contributed by atoms with E-state index in [9.17, 15) is 19.7 Å². The van der Waals surface area contributed by atoms with Gasteiger partial charge in [0, 0.05) is 11.0 Å². The number of carbonyl (C=O) groups is 2. The first-order chi connectivity index (χ1) is 7.45. The molecule has 3 atom stereocenters. The van der Waals surface area contributed by atoms with Crippen LogP contribution in [0.4, 0.5) is 4.79 Å². The molecule has 3 unspecified atom stereocenters. The quantitative estimate of drug-likeness (QED) is 0.431. The van der Waals surface area contributed by atoms with E-state index < -0.39 is 29.1 Å². The zero-order valence-electron chi connectivity index (χ0n) is 9.02. The van der Waals surface area contributed by atoms with E-state index in [1.807, 2.05) is 19.2 Å². The Morgan fingerprint density at radius 3 is 2.69 bits per heavy atom. The van der Waals surface area contributed by atoms with E-state index in [0.717, 1.165) is 6.42 Å². The van der Waals surface area contributed by atoms with Crippen LogP contribution in [0.2, 0.25) is 0 Å². The molecule has 0 aromatic heterocycles. The van der Waals surface area contributed by atoms with Gasteiger partial charge >= 0.3 is 18.0 Å². The molecule has 1 heterocycles. The standard InChI is InChI=1S/C8H14N4O4/c1-3-4(2)9-6-5(12(15)16)7(13)11-8(14)10-6/h4-6,9H,3H2,1-2H3,(H2,10,11,13,14). The van der Waals surface area contributed by atoms with Crippen molar-refractivity contribution in [3.63, 3.8) is 0 Å². The summed E-state index contributed by atoms with van der Waals surface area (Å²) in [6.45, 7) is 3.71. The van der Waals surface area contributed by atoms with Crippen LogP contribution in [-0.2, 0) is 4.79 Å². The molecule has 8 nitrogen and oxygen atoms in total. The van der Waals surface area contributed by atoms with E-state index in [1.54, 1.807) is 0 Å². The molecule has 3 N–H and O–H groups in total. The summed E-state index contributed by atoms with van der Waals surface area (Å²) in [6, 6.07) is -2.24. The van der Waals surface area contributed by atoms with Crippen LogP contribution in [0, 0.1) is 10.1 Å². The second-order valence-corrected chi connectivity index (χ2v) is 3.65. The topological polar surface area (TPSA) is 113 Å². The fraction of sp³-hybridized carbons (Fsp3) is 0.750. The first-order valence-corrected chi connectivity index (χ1v) is 4.96. The van der Waals surface area contributed by atoms with Crippen LogP contribution in [0.5, 0.6) is 0 Å². The van der Waals surface area contributed by atoms with Crippen LogP contribution in [0.1, 0.15) is 20.3 Å². The van der Waals surface area contributed by atoms with Gasteiger partial charge in [0.1, 0.15) is 0 Å². The lowest BCUT2D eigenvalue weighted by atomic mass is 10.1. The van der Waals surface area contributed by atoms with E-state index in [1.165, 1.54) is 0 Å². The third-order valence-electron chi connectivity index (χ3n) is 2.41. The van der Waals surface area contributed by atoms with Gasteiger partial charge in [-0.15, -0.1) is 0 Å². The number of carbonyl (C=O) groups excluding carboxylic acids is 2. The van der Waals surface area contributed by atoms with Crippen molar-refractivity contribution in [2.45, 2.75) is 38.5 Å². The molecule has 1 fully saturated rings. The van der Waals surface area contributed by atoms with Crippen LogP contribution in [0.25, 0.3) is 0 Å². The molecule has 0 aromatic rings. The minimum absolute atomic E-state index is 0.0290. The molecular weight excluding hydrogens is 216 g/mol. The lowest BCUT2D eigenvalue weighted by Crippen LogP contribution is -2.69. The number of hydrogen-bond acceptors (Lipinski definition) is 5. The lowest BCUT2D eigenvalue weighted by Gasteiger charge is -2.28. The Morgan fingerprint density at radius 2 is 2.19 bits per heavy atom. The smallest absolute Gasteiger partial charge is 0.315 e. The highest BCUT2D eigenvalue weighted by Gasteiger charge is 2.44. The van der Waals surface area contributed by atoms with E-state index >= 15 is 0 Å². The summed E-state index contributed by atoms with van der Waals surface area (Å²) < 4.78 is 0. The summed E-state index contributed by atoms with van der Waals surface area (Å²) in [5, 5.41) is 17.7. The van der Waals surface area contributed by atoms with Crippen molar-refractivity contribution < 1.29 is 14.5 Å². The van der Waals surface area contributed by atoms with E-state index in [-0.39, 0.29) is 6.04 Å². The molecule has 1 saturated heterocycles. The molecule has 0 aliphatic carbocycles. The van der Waals surface area contributed by atoms with Gasteiger partial charge in [-0.2, -0.15) is 0 Å². The highest BCUT2D eigenvalue weighted by molar-refractivity contribution is 5.99. The van der Waals surface area contributed by atoms with Gasteiger partial charge in [-0.05, 0) is 13.3 Å².